The van der Waals surface area contributed by atoms with Gasteiger partial charge in [0.1, 0.15) is 24.2 Å². The van der Waals surface area contributed by atoms with Crippen LogP contribution in [0.3, 0.4) is 0 Å². The zero-order valence-corrected chi connectivity index (χ0v) is 75.8. The van der Waals surface area contributed by atoms with Gasteiger partial charge in [0.25, 0.3) is 79.6 Å². The van der Waals surface area contributed by atoms with Crippen LogP contribution in [0.25, 0.3) is 0 Å². The van der Waals surface area contributed by atoms with Gasteiger partial charge >= 0.3 is 0 Å². The molecule has 58 heteroatoms. The van der Waals surface area contributed by atoms with Crippen molar-refractivity contribution in [3.05, 3.63) is 269 Å². The second-order valence-corrected chi connectivity index (χ2v) is 34.7. The molecule has 0 fully saturated rings. The summed E-state index contributed by atoms with van der Waals surface area (Å²) in [7, 11) is 1.82. The van der Waals surface area contributed by atoms with Crippen molar-refractivity contribution in [2.75, 3.05) is 58.2 Å². The summed E-state index contributed by atoms with van der Waals surface area (Å²) in [4.78, 5) is 200. The topological polar surface area (TPSA) is 793 Å². The lowest BCUT2D eigenvalue weighted by atomic mass is 10.0. The van der Waals surface area contributed by atoms with E-state index in [2.05, 4.69) is 53.2 Å². The van der Waals surface area contributed by atoms with Crippen molar-refractivity contribution in [2.45, 2.75) is 178 Å². The lowest BCUT2D eigenvalue weighted by Gasteiger charge is -2.26. The van der Waals surface area contributed by atoms with E-state index < -0.39 is 241 Å². The monoisotopic (exact) mass is 1930 g/mol. The Morgan fingerprint density at radius 3 is 0.615 bits per heavy atom. The SMILES string of the molecule is CC(C)(C)NC(=O)[C@@H](CSc1c([N+](=O)[O-])cccc1[N+](=O)[O-])Nc1c([N+](=O)[O-])cccc1[N+](=O)[O-].CC(C)(C)NC(=O)[C@H](CCCCNc1c([N+](=O)[O-])cccc1[N+](=O)[O-])Nc1c([N+](=O)[O-])cccc1[N+](=O)[O-].CC(C)(C)NC(=O)[C@H](CSc1c([N+](=O)[O-])cccc1[N+](=O)[O-])Nc1c([N+](=O)[O-])cccc1[N+](=O)[O-].CNCCCC[C@@H](Nc1c([N+](=O)[O-])cccc1[N+](=O)[O-])C(=O)NC(C)(C)C. The number of carbonyl (C=O) groups excluding carboxylic acids is 4. The van der Waals surface area contributed by atoms with E-state index in [0.29, 0.717) is 42.8 Å². The van der Waals surface area contributed by atoms with Crippen molar-refractivity contribution in [3.63, 3.8) is 0 Å². The minimum absolute atomic E-state index is 0.0743. The Bertz CT molecular complexity index is 5260. The van der Waals surface area contributed by atoms with Gasteiger partial charge in [0.05, 0.1) is 68.9 Å². The second kappa shape index (κ2) is 49.6. The Morgan fingerprint density at radius 2 is 0.430 bits per heavy atom. The van der Waals surface area contributed by atoms with Crippen LogP contribution in [0, 0.1) is 142 Å². The van der Waals surface area contributed by atoms with Crippen LogP contribution in [0.4, 0.5) is 108 Å². The average Bonchev–Trinajstić information content (AvgIpc) is 0.806. The van der Waals surface area contributed by atoms with Gasteiger partial charge in [0.2, 0.25) is 23.6 Å². The number of anilines is 5. The van der Waals surface area contributed by atoms with Crippen molar-refractivity contribution < 1.29 is 88.1 Å². The van der Waals surface area contributed by atoms with Crippen LogP contribution in [0.5, 0.6) is 0 Å². The maximum absolute atomic E-state index is 13.0. The number of nitro benzene ring substituents is 14. The zero-order chi connectivity index (χ0) is 102. The first-order valence-corrected chi connectivity index (χ1v) is 41.6. The Labute approximate surface area is 771 Å². The molecule has 0 heterocycles. The summed E-state index contributed by atoms with van der Waals surface area (Å²) in [5, 5.41) is 187. The van der Waals surface area contributed by atoms with E-state index in [4.69, 9.17) is 0 Å². The Balaban J connectivity index is 0.000000379. The first-order valence-electron chi connectivity index (χ1n) is 39.7. The third-order valence-corrected chi connectivity index (χ3v) is 19.9. The van der Waals surface area contributed by atoms with Crippen LogP contribution in [0.15, 0.2) is 137 Å². The summed E-state index contributed by atoms with van der Waals surface area (Å²) < 4.78 is 0. The van der Waals surface area contributed by atoms with Crippen LogP contribution in [0.2, 0.25) is 0 Å². The molecule has 0 aliphatic rings. The number of carbonyl (C=O) groups is 4. The van der Waals surface area contributed by atoms with Gasteiger partial charge in [-0.15, -0.1) is 23.5 Å². The smallest absolute Gasteiger partial charge is 0.299 e. The molecule has 56 nitrogen and oxygen atoms in total. The first kappa shape index (κ1) is 111. The van der Waals surface area contributed by atoms with Crippen LogP contribution >= 0.6 is 23.5 Å². The standard InChI is InChI=1S/C22H27N7O9.2C19H20N6O9S.C17H27N5O5/c1-22(2,3)25-21(30)14(24-20-17(28(35)36)11-7-12-18(20)29(37)38)8-4-5-13-23-19-15(26(31)32)9-6-10-16(19)27(33)34;2*1-19(2,3)21-18(26)11(20-16-12(22(27)28)6-4-7-13(16)23(29)30)10-35-17-14(24(31)32)8-5-9-15(17)25(33)34;1-17(2,3)20-16(23)12(8-5-6-11-18-4)19-15-13(21(24)25)9-7-10-14(15)22(26)27/h6-7,9-12,14,23-24H,4-5,8,13H2,1-3H3,(H,25,30);2*4-9,11,20H,10H2,1-3H3,(H,21,26);7,9-10,12,18-19H,5-6,8,11H2,1-4H3,(H,20,23)/t14-;2*11-;12-/m0101/s1. The van der Waals surface area contributed by atoms with Gasteiger partial charge in [-0.3, -0.25) is 161 Å². The lowest BCUT2D eigenvalue weighted by Crippen LogP contribution is -2.49. The summed E-state index contributed by atoms with van der Waals surface area (Å²) in [6.45, 7) is 21.3. The molecule has 0 unspecified atom stereocenters. The zero-order valence-electron chi connectivity index (χ0n) is 74.1. The minimum Gasteiger partial charge on any atom is -0.374 e. The molecule has 0 saturated carbocycles. The lowest BCUT2D eigenvalue weighted by molar-refractivity contribution is -0.399. The third-order valence-electron chi connectivity index (χ3n) is 17.5. The van der Waals surface area contributed by atoms with Gasteiger partial charge in [0.15, 0.2) is 38.2 Å². The molecule has 0 aliphatic carbocycles. The molecule has 4 atom stereocenters. The van der Waals surface area contributed by atoms with Crippen molar-refractivity contribution >= 4 is 155 Å². The molecule has 0 radical (unpaired) electrons. The highest BCUT2D eigenvalue weighted by molar-refractivity contribution is 8.00. The molecular formula is C77H94N24O32S2. The number of nitrogens with one attached hydrogen (secondary N) is 10. The van der Waals surface area contributed by atoms with Crippen LogP contribution in [-0.2, 0) is 19.2 Å². The summed E-state index contributed by atoms with van der Waals surface area (Å²) in [6, 6.07) is 18.4. The Hall–Kier alpha value is -16.3. The molecule has 726 valence electrons. The van der Waals surface area contributed by atoms with Gasteiger partial charge in [0, 0.05) is 125 Å². The van der Waals surface area contributed by atoms with E-state index in [1.54, 1.807) is 62.3 Å². The molecule has 0 spiro atoms. The number of nitrogens with zero attached hydrogens (tertiary/aromatic N) is 14. The van der Waals surface area contributed by atoms with Gasteiger partial charge < -0.3 is 53.2 Å². The van der Waals surface area contributed by atoms with E-state index in [1.807, 2.05) is 27.8 Å². The fourth-order valence-electron chi connectivity index (χ4n) is 11.9. The van der Waals surface area contributed by atoms with E-state index in [-0.39, 0.29) is 46.5 Å². The van der Waals surface area contributed by atoms with Crippen LogP contribution < -0.4 is 53.2 Å². The highest BCUT2D eigenvalue weighted by Gasteiger charge is 2.39. The molecule has 7 aromatic rings. The van der Waals surface area contributed by atoms with E-state index in [9.17, 15) is 161 Å². The van der Waals surface area contributed by atoms with Crippen molar-refractivity contribution in [1.82, 2.24) is 26.6 Å². The van der Waals surface area contributed by atoms with Gasteiger partial charge in [-0.05, 0) is 178 Å². The Kier molecular flexibility index (Phi) is 40.8. The highest BCUT2D eigenvalue weighted by Crippen LogP contribution is 2.44. The average molecular weight is 1930 g/mol. The van der Waals surface area contributed by atoms with Gasteiger partial charge in [-0.1, -0.05) is 0 Å². The second-order valence-electron chi connectivity index (χ2n) is 32.6. The van der Waals surface area contributed by atoms with Crippen molar-refractivity contribution in [3.8, 4) is 0 Å². The fraction of sp³-hybridized carbons (Fsp3) is 0.403. The minimum atomic E-state index is -1.40. The quantitative estimate of drug-likeness (QED) is 0.00734. The summed E-state index contributed by atoms with van der Waals surface area (Å²) >= 11 is 1.19. The number of rotatable bonds is 43. The molecule has 4 amide bonds. The number of thioether (sulfide) groups is 2. The molecule has 0 saturated heterocycles. The van der Waals surface area contributed by atoms with Crippen LogP contribution in [0.1, 0.15) is 122 Å². The molecule has 0 aliphatic heterocycles. The van der Waals surface area contributed by atoms with Crippen LogP contribution in [-0.4, -0.2) is 171 Å². The largest absolute Gasteiger partial charge is 0.374 e. The number of benzene rings is 7. The molecule has 0 bridgehead atoms. The fourth-order valence-corrected chi connectivity index (χ4v) is 14.2. The summed E-state index contributed by atoms with van der Waals surface area (Å²) in [5.74, 6) is -3.17. The number of amides is 4. The van der Waals surface area contributed by atoms with Gasteiger partial charge in [-0.2, -0.15) is 0 Å². The van der Waals surface area contributed by atoms with Crippen molar-refractivity contribution in [1.29, 1.82) is 0 Å². The normalized spacial score (nSPS) is 11.9. The third kappa shape index (κ3) is 34.5. The number of nitro groups is 14. The first-order chi connectivity index (χ1) is 62.7. The number of para-hydroxylation sites is 5. The molecule has 7 aromatic carbocycles. The van der Waals surface area contributed by atoms with E-state index in [0.717, 1.165) is 110 Å². The van der Waals surface area contributed by atoms with E-state index >= 15 is 0 Å². The maximum atomic E-state index is 13.0. The number of hydrogen-bond acceptors (Lipinski definition) is 40. The molecule has 0 aromatic heterocycles. The van der Waals surface area contributed by atoms with E-state index in [1.165, 1.54) is 30.3 Å². The highest BCUT2D eigenvalue weighted by atomic mass is 32.2. The number of unbranched alkanes of at least 4 members (excludes halogenated alkanes) is 2. The predicted molar refractivity (Wildman–Crippen MR) is 491 cm³/mol. The molecule has 7 rings (SSSR count). The Morgan fingerprint density at radius 1 is 0.259 bits per heavy atom. The summed E-state index contributed by atoms with van der Waals surface area (Å²) in [6.07, 6.45) is 2.51. The molecular weight excluding hydrogens is 1840 g/mol. The number of hydrogen-bond donors (Lipinski definition) is 10. The maximum Gasteiger partial charge on any atom is 0.299 e. The predicted octanol–water partition coefficient (Wildman–Crippen LogP) is 14.5. The van der Waals surface area contributed by atoms with Crippen molar-refractivity contribution in [2.24, 2.45) is 0 Å². The van der Waals surface area contributed by atoms with Gasteiger partial charge in [-0.25, -0.2) is 0 Å². The summed E-state index contributed by atoms with van der Waals surface area (Å²) in [5.41, 5.74) is -12.7. The molecule has 135 heavy (non-hydrogen) atoms. The molecule has 10 N–H and O–H groups in total.